The Morgan fingerprint density at radius 1 is 1.32 bits per heavy atom. The molecule has 2 aliphatic rings. The van der Waals surface area contributed by atoms with Crippen LogP contribution in [0.15, 0.2) is 36.5 Å². The van der Waals surface area contributed by atoms with Crippen molar-refractivity contribution in [1.29, 1.82) is 0 Å². The third-order valence-corrected chi connectivity index (χ3v) is 4.81. The van der Waals surface area contributed by atoms with E-state index in [1.165, 1.54) is 6.07 Å². The SMILES string of the molecule is Cc1cccc(CN2CC3(C[C@@H](Oc4ncccc4F)CCO3)C2)n1. The molecular formula is C19H22FN3O2. The summed E-state index contributed by atoms with van der Waals surface area (Å²) < 4.78 is 25.6. The Morgan fingerprint density at radius 2 is 2.20 bits per heavy atom. The maximum absolute atomic E-state index is 13.7. The fourth-order valence-electron chi connectivity index (χ4n) is 3.72. The van der Waals surface area contributed by atoms with Gasteiger partial charge in [-0.1, -0.05) is 6.07 Å². The molecule has 0 saturated carbocycles. The summed E-state index contributed by atoms with van der Waals surface area (Å²) in [7, 11) is 0. The molecule has 0 bridgehead atoms. The van der Waals surface area contributed by atoms with E-state index in [2.05, 4.69) is 20.9 Å². The van der Waals surface area contributed by atoms with Crippen LogP contribution in [0.3, 0.4) is 0 Å². The van der Waals surface area contributed by atoms with E-state index in [0.29, 0.717) is 6.61 Å². The van der Waals surface area contributed by atoms with Crippen molar-refractivity contribution in [2.24, 2.45) is 0 Å². The first-order valence-corrected chi connectivity index (χ1v) is 8.68. The maximum atomic E-state index is 13.7. The minimum absolute atomic E-state index is 0.0580. The predicted molar refractivity (Wildman–Crippen MR) is 90.8 cm³/mol. The molecule has 2 fully saturated rings. The summed E-state index contributed by atoms with van der Waals surface area (Å²) in [4.78, 5) is 10.9. The molecule has 4 heterocycles. The van der Waals surface area contributed by atoms with Crippen LogP contribution in [0.25, 0.3) is 0 Å². The lowest BCUT2D eigenvalue weighted by atomic mass is 9.84. The lowest BCUT2D eigenvalue weighted by Crippen LogP contribution is -2.65. The molecule has 0 aromatic carbocycles. The molecule has 132 valence electrons. The number of rotatable bonds is 4. The van der Waals surface area contributed by atoms with Gasteiger partial charge in [0.15, 0.2) is 5.82 Å². The van der Waals surface area contributed by atoms with Gasteiger partial charge in [-0.05, 0) is 31.2 Å². The Morgan fingerprint density at radius 3 is 3.00 bits per heavy atom. The van der Waals surface area contributed by atoms with E-state index in [1.54, 1.807) is 12.3 Å². The van der Waals surface area contributed by atoms with E-state index in [0.717, 1.165) is 43.9 Å². The van der Waals surface area contributed by atoms with Gasteiger partial charge in [0.25, 0.3) is 5.88 Å². The van der Waals surface area contributed by atoms with Crippen molar-refractivity contribution in [1.82, 2.24) is 14.9 Å². The molecule has 0 N–H and O–H groups in total. The van der Waals surface area contributed by atoms with Crippen molar-refractivity contribution in [3.8, 4) is 5.88 Å². The Kier molecular flexibility index (Phi) is 4.39. The third kappa shape index (κ3) is 3.65. The Balaban J connectivity index is 1.34. The van der Waals surface area contributed by atoms with Crippen LogP contribution in [0, 0.1) is 12.7 Å². The predicted octanol–water partition coefficient (Wildman–Crippen LogP) is 2.74. The quantitative estimate of drug-likeness (QED) is 0.854. The normalized spacial score (nSPS) is 22.6. The maximum Gasteiger partial charge on any atom is 0.250 e. The van der Waals surface area contributed by atoms with Crippen LogP contribution in [-0.4, -0.2) is 46.3 Å². The number of aromatic nitrogens is 2. The van der Waals surface area contributed by atoms with Crippen LogP contribution >= 0.6 is 0 Å². The average Bonchev–Trinajstić information content (AvgIpc) is 2.56. The van der Waals surface area contributed by atoms with E-state index >= 15 is 0 Å². The lowest BCUT2D eigenvalue weighted by Gasteiger charge is -2.53. The van der Waals surface area contributed by atoms with E-state index < -0.39 is 5.82 Å². The minimum Gasteiger partial charge on any atom is -0.472 e. The summed E-state index contributed by atoms with van der Waals surface area (Å²) in [6, 6.07) is 9.03. The first kappa shape index (κ1) is 16.4. The van der Waals surface area contributed by atoms with E-state index in [1.807, 2.05) is 19.1 Å². The zero-order valence-electron chi connectivity index (χ0n) is 14.3. The first-order valence-electron chi connectivity index (χ1n) is 8.68. The molecule has 2 saturated heterocycles. The molecule has 1 atom stereocenters. The fourth-order valence-corrected chi connectivity index (χ4v) is 3.72. The number of halogens is 1. The molecule has 4 rings (SSSR count). The molecule has 0 aliphatic carbocycles. The molecule has 25 heavy (non-hydrogen) atoms. The van der Waals surface area contributed by atoms with Crippen molar-refractivity contribution in [2.75, 3.05) is 19.7 Å². The smallest absolute Gasteiger partial charge is 0.250 e. The van der Waals surface area contributed by atoms with Crippen molar-refractivity contribution in [3.05, 3.63) is 53.7 Å². The Hall–Kier alpha value is -2.05. The second kappa shape index (κ2) is 6.69. The van der Waals surface area contributed by atoms with Gasteiger partial charge in [-0.25, -0.2) is 9.37 Å². The summed E-state index contributed by atoms with van der Waals surface area (Å²) in [5.41, 5.74) is 1.93. The first-order chi connectivity index (χ1) is 12.1. The van der Waals surface area contributed by atoms with Gasteiger partial charge in [0.2, 0.25) is 0 Å². The largest absolute Gasteiger partial charge is 0.472 e. The van der Waals surface area contributed by atoms with Gasteiger partial charge in [-0.2, -0.15) is 0 Å². The summed E-state index contributed by atoms with van der Waals surface area (Å²) in [5.74, 6) is -0.325. The summed E-state index contributed by atoms with van der Waals surface area (Å²) >= 11 is 0. The number of pyridine rings is 2. The van der Waals surface area contributed by atoms with E-state index in [9.17, 15) is 4.39 Å². The fraction of sp³-hybridized carbons (Fsp3) is 0.474. The van der Waals surface area contributed by atoms with Crippen molar-refractivity contribution in [3.63, 3.8) is 0 Å². The second-order valence-corrected chi connectivity index (χ2v) is 6.97. The number of hydrogen-bond donors (Lipinski definition) is 0. The zero-order valence-corrected chi connectivity index (χ0v) is 14.3. The minimum atomic E-state index is -0.413. The second-order valence-electron chi connectivity index (χ2n) is 6.97. The van der Waals surface area contributed by atoms with Crippen molar-refractivity contribution < 1.29 is 13.9 Å². The standard InChI is InChI=1S/C19H22FN3O2/c1-14-4-2-5-15(22-14)11-23-12-19(13-23)10-16(7-9-24-19)25-18-17(20)6-3-8-21-18/h2-6,8,16H,7,9-13H2,1H3/t16-/m0/s1. The molecule has 0 radical (unpaired) electrons. The average molecular weight is 343 g/mol. The van der Waals surface area contributed by atoms with Gasteiger partial charge in [0.05, 0.1) is 17.9 Å². The highest BCUT2D eigenvalue weighted by Gasteiger charge is 2.48. The molecule has 0 unspecified atom stereocenters. The van der Waals surface area contributed by atoms with Crippen molar-refractivity contribution >= 4 is 0 Å². The number of aryl methyl sites for hydroxylation is 1. The molecule has 0 amide bonds. The number of ether oxygens (including phenoxy) is 2. The molecule has 6 heteroatoms. The Labute approximate surface area is 146 Å². The zero-order chi connectivity index (χ0) is 17.3. The lowest BCUT2D eigenvalue weighted by molar-refractivity contribution is -0.188. The number of nitrogens with zero attached hydrogens (tertiary/aromatic N) is 3. The number of likely N-dealkylation sites (tertiary alicyclic amines) is 1. The van der Waals surface area contributed by atoms with Crippen LogP contribution in [0.1, 0.15) is 24.2 Å². The highest BCUT2D eigenvalue weighted by Crippen LogP contribution is 2.36. The molecule has 2 aromatic rings. The molecular weight excluding hydrogens is 321 g/mol. The van der Waals surface area contributed by atoms with Crippen LogP contribution < -0.4 is 4.74 Å². The van der Waals surface area contributed by atoms with Gasteiger partial charge in [0.1, 0.15) is 6.10 Å². The highest BCUT2D eigenvalue weighted by atomic mass is 19.1. The van der Waals surface area contributed by atoms with E-state index in [4.69, 9.17) is 9.47 Å². The summed E-state index contributed by atoms with van der Waals surface area (Å²) in [5, 5.41) is 0. The molecule has 5 nitrogen and oxygen atoms in total. The third-order valence-electron chi connectivity index (χ3n) is 4.81. The Bertz CT molecular complexity index is 749. The number of hydrogen-bond acceptors (Lipinski definition) is 5. The van der Waals surface area contributed by atoms with Gasteiger partial charge < -0.3 is 9.47 Å². The molecule has 2 aliphatic heterocycles. The highest BCUT2D eigenvalue weighted by molar-refractivity contribution is 5.14. The van der Waals surface area contributed by atoms with Crippen LogP contribution in [0.4, 0.5) is 4.39 Å². The topological polar surface area (TPSA) is 47.5 Å². The summed E-state index contributed by atoms with van der Waals surface area (Å²) in [6.45, 7) is 5.17. The summed E-state index contributed by atoms with van der Waals surface area (Å²) in [6.07, 6.45) is 3.02. The monoisotopic (exact) mass is 343 g/mol. The van der Waals surface area contributed by atoms with Crippen LogP contribution in [-0.2, 0) is 11.3 Å². The van der Waals surface area contributed by atoms with E-state index in [-0.39, 0.29) is 17.6 Å². The van der Waals surface area contributed by atoms with Gasteiger partial charge in [-0.15, -0.1) is 0 Å². The van der Waals surface area contributed by atoms with Crippen molar-refractivity contribution in [2.45, 2.75) is 38.0 Å². The van der Waals surface area contributed by atoms with Crippen LogP contribution in [0.2, 0.25) is 0 Å². The molecule has 1 spiro atoms. The molecule has 2 aromatic heterocycles. The van der Waals surface area contributed by atoms with Gasteiger partial charge >= 0.3 is 0 Å². The van der Waals surface area contributed by atoms with Gasteiger partial charge in [-0.3, -0.25) is 9.88 Å². The van der Waals surface area contributed by atoms with Crippen LogP contribution in [0.5, 0.6) is 5.88 Å². The van der Waals surface area contributed by atoms with Gasteiger partial charge in [0, 0.05) is 44.4 Å².